The molecule has 0 spiro atoms. The van der Waals surface area contributed by atoms with Crippen molar-refractivity contribution >= 4 is 11.6 Å². The lowest BCUT2D eigenvalue weighted by Crippen LogP contribution is -2.14. The number of nitrogens with zero attached hydrogens (tertiary/aromatic N) is 1. The highest BCUT2D eigenvalue weighted by molar-refractivity contribution is 6.31. The maximum atomic E-state index is 6.24. The molecule has 0 bridgehead atoms. The zero-order valence-corrected chi connectivity index (χ0v) is 11.5. The third-order valence-corrected chi connectivity index (χ3v) is 4.27. The van der Waals surface area contributed by atoms with Gasteiger partial charge in [0.05, 0.1) is 16.8 Å². The van der Waals surface area contributed by atoms with Gasteiger partial charge in [-0.15, -0.1) is 0 Å². The maximum Gasteiger partial charge on any atom is 0.0802 e. The van der Waals surface area contributed by atoms with Gasteiger partial charge in [0.25, 0.3) is 0 Å². The number of rotatable bonds is 3. The lowest BCUT2D eigenvalue weighted by Gasteiger charge is -2.26. The standard InChI is InChI=1S/C16H17ClN2/c17-14-5-2-10-19-16(14)15(18)13-8-6-12(7-9-13)11-3-1-4-11/h2,5-11,15H,1,3-4,18H2. The second kappa shape index (κ2) is 5.32. The quantitative estimate of drug-likeness (QED) is 0.915. The van der Waals surface area contributed by atoms with Gasteiger partial charge in [-0.2, -0.15) is 0 Å². The third kappa shape index (κ3) is 2.51. The Kier molecular flexibility index (Phi) is 3.54. The van der Waals surface area contributed by atoms with Crippen LogP contribution in [0.25, 0.3) is 0 Å². The fourth-order valence-corrected chi connectivity index (χ4v) is 2.74. The molecule has 2 nitrogen and oxygen atoms in total. The van der Waals surface area contributed by atoms with Gasteiger partial charge in [-0.3, -0.25) is 4.98 Å². The Hall–Kier alpha value is -1.38. The first-order chi connectivity index (χ1) is 9.25. The van der Waals surface area contributed by atoms with E-state index in [1.807, 2.05) is 12.1 Å². The lowest BCUT2D eigenvalue weighted by atomic mass is 9.80. The van der Waals surface area contributed by atoms with Crippen LogP contribution in [0.15, 0.2) is 42.6 Å². The second-order valence-electron chi connectivity index (χ2n) is 5.14. The van der Waals surface area contributed by atoms with Crippen molar-refractivity contribution in [3.05, 3.63) is 64.4 Å². The molecule has 1 atom stereocenters. The minimum Gasteiger partial charge on any atom is -0.319 e. The summed E-state index contributed by atoms with van der Waals surface area (Å²) >= 11 is 6.14. The minimum absolute atomic E-state index is 0.260. The Bertz CT molecular complexity index is 561. The number of hydrogen-bond acceptors (Lipinski definition) is 2. The Balaban J connectivity index is 1.83. The molecular formula is C16H17ClN2. The normalized spacial score (nSPS) is 16.9. The summed E-state index contributed by atoms with van der Waals surface area (Å²) in [6, 6.07) is 12.0. The highest BCUT2D eigenvalue weighted by atomic mass is 35.5. The van der Waals surface area contributed by atoms with Crippen molar-refractivity contribution in [2.24, 2.45) is 5.73 Å². The van der Waals surface area contributed by atoms with Gasteiger partial charge >= 0.3 is 0 Å². The average molecular weight is 273 g/mol. The summed E-state index contributed by atoms with van der Waals surface area (Å²) in [5.41, 5.74) is 9.46. The van der Waals surface area contributed by atoms with E-state index < -0.39 is 0 Å². The monoisotopic (exact) mass is 272 g/mol. The molecule has 0 amide bonds. The molecule has 1 unspecified atom stereocenters. The summed E-state index contributed by atoms with van der Waals surface area (Å²) in [4.78, 5) is 4.28. The Labute approximate surface area is 118 Å². The lowest BCUT2D eigenvalue weighted by molar-refractivity contribution is 0.419. The van der Waals surface area contributed by atoms with E-state index in [4.69, 9.17) is 17.3 Å². The van der Waals surface area contributed by atoms with Gasteiger partial charge in [-0.05, 0) is 42.0 Å². The molecule has 1 aromatic carbocycles. The van der Waals surface area contributed by atoms with Crippen LogP contribution in [0.3, 0.4) is 0 Å². The van der Waals surface area contributed by atoms with E-state index in [2.05, 4.69) is 29.2 Å². The molecule has 1 heterocycles. The fraction of sp³-hybridized carbons (Fsp3) is 0.312. The van der Waals surface area contributed by atoms with Crippen LogP contribution in [-0.4, -0.2) is 4.98 Å². The molecule has 2 aromatic rings. The Morgan fingerprint density at radius 2 is 1.89 bits per heavy atom. The number of nitrogens with two attached hydrogens (primary N) is 1. The molecule has 19 heavy (non-hydrogen) atoms. The second-order valence-corrected chi connectivity index (χ2v) is 5.55. The first kappa shape index (κ1) is 12.6. The molecule has 1 aromatic heterocycles. The molecule has 0 saturated heterocycles. The molecule has 1 saturated carbocycles. The predicted octanol–water partition coefficient (Wildman–Crippen LogP) is 4.05. The highest BCUT2D eigenvalue weighted by Gasteiger charge is 2.20. The predicted molar refractivity (Wildman–Crippen MR) is 78.3 cm³/mol. The molecule has 1 aliphatic rings. The van der Waals surface area contributed by atoms with E-state index in [0.717, 1.165) is 17.2 Å². The number of pyridine rings is 1. The van der Waals surface area contributed by atoms with Crippen molar-refractivity contribution in [2.45, 2.75) is 31.2 Å². The van der Waals surface area contributed by atoms with Gasteiger partial charge in [0.15, 0.2) is 0 Å². The van der Waals surface area contributed by atoms with Crippen molar-refractivity contribution in [3.63, 3.8) is 0 Å². The Morgan fingerprint density at radius 3 is 2.47 bits per heavy atom. The van der Waals surface area contributed by atoms with Crippen molar-refractivity contribution in [2.75, 3.05) is 0 Å². The summed E-state index contributed by atoms with van der Waals surface area (Å²) in [6.45, 7) is 0. The minimum atomic E-state index is -0.260. The van der Waals surface area contributed by atoms with E-state index >= 15 is 0 Å². The number of halogens is 1. The zero-order chi connectivity index (χ0) is 13.2. The summed E-state index contributed by atoms with van der Waals surface area (Å²) in [7, 11) is 0. The van der Waals surface area contributed by atoms with Crippen LogP contribution in [0.1, 0.15) is 48.0 Å². The highest BCUT2D eigenvalue weighted by Crippen LogP contribution is 2.36. The van der Waals surface area contributed by atoms with Crippen LogP contribution in [0.4, 0.5) is 0 Å². The molecule has 3 heteroatoms. The molecule has 3 rings (SSSR count). The van der Waals surface area contributed by atoms with Crippen molar-refractivity contribution < 1.29 is 0 Å². The number of benzene rings is 1. The SMILES string of the molecule is NC(c1ccc(C2CCC2)cc1)c1ncccc1Cl. The van der Waals surface area contributed by atoms with Crippen molar-refractivity contribution in [1.82, 2.24) is 4.98 Å². The molecule has 1 fully saturated rings. The van der Waals surface area contributed by atoms with E-state index in [0.29, 0.717) is 5.02 Å². The van der Waals surface area contributed by atoms with E-state index in [1.54, 1.807) is 6.20 Å². The van der Waals surface area contributed by atoms with Gasteiger partial charge in [-0.1, -0.05) is 42.3 Å². The van der Waals surface area contributed by atoms with Crippen LogP contribution in [-0.2, 0) is 0 Å². The molecule has 98 valence electrons. The summed E-state index contributed by atoms with van der Waals surface area (Å²) in [5, 5.41) is 0.623. The van der Waals surface area contributed by atoms with Crippen LogP contribution >= 0.6 is 11.6 Å². The van der Waals surface area contributed by atoms with E-state index in [1.165, 1.54) is 24.8 Å². The van der Waals surface area contributed by atoms with Crippen LogP contribution < -0.4 is 5.73 Å². The van der Waals surface area contributed by atoms with Gasteiger partial charge in [0.1, 0.15) is 0 Å². The van der Waals surface area contributed by atoms with Crippen LogP contribution in [0, 0.1) is 0 Å². The molecule has 1 aliphatic carbocycles. The van der Waals surface area contributed by atoms with Gasteiger partial charge in [-0.25, -0.2) is 0 Å². The first-order valence-corrected chi connectivity index (χ1v) is 7.09. The summed E-state index contributed by atoms with van der Waals surface area (Å²) < 4.78 is 0. The molecular weight excluding hydrogens is 256 g/mol. The van der Waals surface area contributed by atoms with Gasteiger partial charge in [0.2, 0.25) is 0 Å². The Morgan fingerprint density at radius 1 is 1.16 bits per heavy atom. The largest absolute Gasteiger partial charge is 0.319 e. The summed E-state index contributed by atoms with van der Waals surface area (Å²) in [6.07, 6.45) is 5.72. The van der Waals surface area contributed by atoms with Crippen molar-refractivity contribution in [1.29, 1.82) is 0 Å². The van der Waals surface area contributed by atoms with E-state index in [9.17, 15) is 0 Å². The van der Waals surface area contributed by atoms with Crippen LogP contribution in [0.5, 0.6) is 0 Å². The van der Waals surface area contributed by atoms with E-state index in [-0.39, 0.29) is 6.04 Å². The third-order valence-electron chi connectivity index (χ3n) is 3.95. The number of hydrogen-bond donors (Lipinski definition) is 1. The average Bonchev–Trinajstić information content (AvgIpc) is 2.37. The number of aromatic nitrogens is 1. The molecule has 0 radical (unpaired) electrons. The zero-order valence-electron chi connectivity index (χ0n) is 10.7. The van der Waals surface area contributed by atoms with Crippen LogP contribution in [0.2, 0.25) is 5.02 Å². The van der Waals surface area contributed by atoms with Crippen molar-refractivity contribution in [3.8, 4) is 0 Å². The topological polar surface area (TPSA) is 38.9 Å². The van der Waals surface area contributed by atoms with Gasteiger partial charge < -0.3 is 5.73 Å². The smallest absolute Gasteiger partial charge is 0.0802 e. The summed E-state index contributed by atoms with van der Waals surface area (Å²) in [5.74, 6) is 0.753. The first-order valence-electron chi connectivity index (χ1n) is 6.71. The van der Waals surface area contributed by atoms with Gasteiger partial charge in [0, 0.05) is 6.20 Å². The molecule has 2 N–H and O–H groups in total. The maximum absolute atomic E-state index is 6.24. The molecule has 0 aliphatic heterocycles. The fourth-order valence-electron chi connectivity index (χ4n) is 2.50.